The van der Waals surface area contributed by atoms with Crippen LogP contribution >= 0.6 is 0 Å². The van der Waals surface area contributed by atoms with Gasteiger partial charge in [0.2, 0.25) is 5.95 Å². The predicted octanol–water partition coefficient (Wildman–Crippen LogP) is 3.54. The number of aromatic amines is 2. The number of aromatic nitrogens is 6. The molecule has 0 aromatic carbocycles. The minimum atomic E-state index is -0.657. The SMILES string of the molecule is C[C@H](c1ccc2[nH]ccc2n1)N(C)c1nc(N)c(F)c(-c2cc(C3CC3)[nH]n2)n1. The fraction of sp³-hybridized carbons (Fsp3) is 0.300. The van der Waals surface area contributed by atoms with Crippen molar-refractivity contribution < 1.29 is 4.39 Å². The summed E-state index contributed by atoms with van der Waals surface area (Å²) in [6.07, 6.45) is 4.10. The number of nitrogen functional groups attached to an aromatic ring is 1. The van der Waals surface area contributed by atoms with Crippen LogP contribution in [-0.2, 0) is 0 Å². The zero-order chi connectivity index (χ0) is 20.1. The van der Waals surface area contributed by atoms with E-state index in [0.29, 0.717) is 17.6 Å². The molecule has 0 unspecified atom stereocenters. The van der Waals surface area contributed by atoms with Crippen molar-refractivity contribution in [3.05, 3.63) is 47.7 Å². The summed E-state index contributed by atoms with van der Waals surface area (Å²) in [6.45, 7) is 1.99. The van der Waals surface area contributed by atoms with Gasteiger partial charge >= 0.3 is 0 Å². The number of fused-ring (bicyclic) bond motifs is 1. The Morgan fingerprint density at radius 2 is 2.03 bits per heavy atom. The highest BCUT2D eigenvalue weighted by Crippen LogP contribution is 2.40. The third-order valence-corrected chi connectivity index (χ3v) is 5.47. The normalized spacial score (nSPS) is 15.0. The summed E-state index contributed by atoms with van der Waals surface area (Å²) in [5, 5.41) is 7.22. The molecule has 1 aliphatic carbocycles. The summed E-state index contributed by atoms with van der Waals surface area (Å²) in [4.78, 5) is 18.2. The molecule has 1 saturated carbocycles. The number of halogens is 1. The minimum Gasteiger partial charge on any atom is -0.381 e. The average molecular weight is 392 g/mol. The maximum absolute atomic E-state index is 14.7. The second-order valence-electron chi connectivity index (χ2n) is 7.49. The summed E-state index contributed by atoms with van der Waals surface area (Å²) >= 11 is 0. The molecule has 0 saturated heterocycles. The Morgan fingerprint density at radius 3 is 2.83 bits per heavy atom. The third kappa shape index (κ3) is 3.08. The molecule has 1 aliphatic rings. The van der Waals surface area contributed by atoms with Gasteiger partial charge in [-0.3, -0.25) is 5.10 Å². The first-order valence-corrected chi connectivity index (χ1v) is 9.57. The van der Waals surface area contributed by atoms with Crippen molar-refractivity contribution in [1.82, 2.24) is 30.1 Å². The van der Waals surface area contributed by atoms with Crippen LogP contribution in [0.2, 0.25) is 0 Å². The Hall–Kier alpha value is -3.49. The summed E-state index contributed by atoms with van der Waals surface area (Å²) in [5.41, 5.74) is 10.1. The number of nitrogens with one attached hydrogen (secondary N) is 2. The monoisotopic (exact) mass is 392 g/mol. The van der Waals surface area contributed by atoms with Crippen LogP contribution in [0, 0.1) is 5.82 Å². The van der Waals surface area contributed by atoms with E-state index in [-0.39, 0.29) is 17.6 Å². The topological polar surface area (TPSA) is 112 Å². The molecule has 1 atom stereocenters. The highest BCUT2D eigenvalue weighted by molar-refractivity contribution is 5.74. The van der Waals surface area contributed by atoms with Crippen molar-refractivity contribution in [1.29, 1.82) is 0 Å². The van der Waals surface area contributed by atoms with Gasteiger partial charge in [0.1, 0.15) is 11.4 Å². The van der Waals surface area contributed by atoms with Crippen LogP contribution in [0.1, 0.15) is 43.1 Å². The van der Waals surface area contributed by atoms with Gasteiger partial charge in [0.25, 0.3) is 0 Å². The molecule has 5 rings (SSSR count). The van der Waals surface area contributed by atoms with Crippen LogP contribution in [0.5, 0.6) is 0 Å². The Kier molecular flexibility index (Phi) is 3.97. The van der Waals surface area contributed by atoms with Crippen molar-refractivity contribution in [3.63, 3.8) is 0 Å². The number of hydrogen-bond donors (Lipinski definition) is 3. The van der Waals surface area contributed by atoms with Crippen molar-refractivity contribution in [2.24, 2.45) is 0 Å². The number of nitrogens with zero attached hydrogens (tertiary/aromatic N) is 5. The molecule has 1 fully saturated rings. The van der Waals surface area contributed by atoms with Crippen LogP contribution in [0.15, 0.2) is 30.5 Å². The molecule has 0 aliphatic heterocycles. The first-order chi connectivity index (χ1) is 14.0. The van der Waals surface area contributed by atoms with Crippen molar-refractivity contribution >= 4 is 22.8 Å². The zero-order valence-corrected chi connectivity index (χ0v) is 16.1. The Labute approximate surface area is 166 Å². The highest BCUT2D eigenvalue weighted by atomic mass is 19.1. The van der Waals surface area contributed by atoms with Crippen LogP contribution in [0.3, 0.4) is 0 Å². The molecule has 4 aromatic heterocycles. The van der Waals surface area contributed by atoms with E-state index in [2.05, 4.69) is 30.1 Å². The van der Waals surface area contributed by atoms with Crippen LogP contribution in [0.25, 0.3) is 22.4 Å². The molecule has 4 aromatic rings. The maximum atomic E-state index is 14.7. The zero-order valence-electron chi connectivity index (χ0n) is 16.1. The molecule has 4 N–H and O–H groups in total. The molecular formula is C20H21FN8. The summed E-state index contributed by atoms with van der Waals surface area (Å²) in [7, 11) is 1.84. The Balaban J connectivity index is 1.49. The molecule has 0 radical (unpaired) electrons. The standard InChI is InChI=1S/C20H21FN8/c1-10(12-5-6-13-14(24-12)7-8-23-13)29(2)20-25-18(17(21)19(22)26-20)16-9-15(27-28-16)11-3-4-11/h5-11,23H,3-4H2,1-2H3,(H,27,28)(H2,22,25,26)/t10-/m1/s1. The van der Waals surface area contributed by atoms with E-state index in [1.165, 1.54) is 0 Å². The number of H-pyrrole nitrogens is 2. The Bertz CT molecular complexity index is 1190. The van der Waals surface area contributed by atoms with E-state index in [4.69, 9.17) is 5.73 Å². The van der Waals surface area contributed by atoms with E-state index in [0.717, 1.165) is 35.3 Å². The molecule has 9 heteroatoms. The molecule has 0 spiro atoms. The third-order valence-electron chi connectivity index (χ3n) is 5.47. The van der Waals surface area contributed by atoms with Crippen molar-refractivity contribution in [2.45, 2.75) is 31.7 Å². The lowest BCUT2D eigenvalue weighted by Crippen LogP contribution is -2.25. The second kappa shape index (κ2) is 6.54. The first-order valence-electron chi connectivity index (χ1n) is 9.57. The van der Waals surface area contributed by atoms with E-state index in [1.807, 2.05) is 49.3 Å². The molecule has 148 valence electrons. The maximum Gasteiger partial charge on any atom is 0.228 e. The fourth-order valence-electron chi connectivity index (χ4n) is 3.40. The highest BCUT2D eigenvalue weighted by Gasteiger charge is 2.27. The van der Waals surface area contributed by atoms with Gasteiger partial charge in [-0.1, -0.05) is 0 Å². The van der Waals surface area contributed by atoms with E-state index >= 15 is 0 Å². The Morgan fingerprint density at radius 1 is 1.21 bits per heavy atom. The smallest absolute Gasteiger partial charge is 0.228 e. The second-order valence-corrected chi connectivity index (χ2v) is 7.49. The lowest BCUT2D eigenvalue weighted by molar-refractivity contribution is 0.618. The van der Waals surface area contributed by atoms with Gasteiger partial charge in [-0.05, 0) is 44.0 Å². The molecule has 0 bridgehead atoms. The van der Waals surface area contributed by atoms with Crippen molar-refractivity contribution in [3.8, 4) is 11.4 Å². The van der Waals surface area contributed by atoms with Gasteiger partial charge < -0.3 is 15.6 Å². The number of anilines is 2. The molecule has 29 heavy (non-hydrogen) atoms. The first kappa shape index (κ1) is 17.6. The molecule has 0 amide bonds. The van der Waals surface area contributed by atoms with Crippen LogP contribution in [0.4, 0.5) is 16.2 Å². The number of nitrogens with two attached hydrogens (primary N) is 1. The predicted molar refractivity (Wildman–Crippen MR) is 109 cm³/mol. The van der Waals surface area contributed by atoms with Crippen LogP contribution in [-0.4, -0.2) is 37.2 Å². The van der Waals surface area contributed by atoms with Gasteiger partial charge in [-0.2, -0.15) is 10.1 Å². The number of hydrogen-bond acceptors (Lipinski definition) is 6. The van der Waals surface area contributed by atoms with E-state index in [1.54, 1.807) is 0 Å². The summed E-state index contributed by atoms with van der Waals surface area (Å²) in [5.74, 6) is -0.0574. The number of rotatable bonds is 5. The fourth-order valence-corrected chi connectivity index (χ4v) is 3.40. The van der Waals surface area contributed by atoms with Crippen LogP contribution < -0.4 is 10.6 Å². The largest absolute Gasteiger partial charge is 0.381 e. The van der Waals surface area contributed by atoms with Gasteiger partial charge in [0.05, 0.1) is 22.8 Å². The summed E-state index contributed by atoms with van der Waals surface area (Å²) < 4.78 is 14.7. The van der Waals surface area contributed by atoms with Gasteiger partial charge in [0, 0.05) is 24.9 Å². The van der Waals surface area contributed by atoms with Gasteiger partial charge in [0.15, 0.2) is 11.6 Å². The molecule has 8 nitrogen and oxygen atoms in total. The summed E-state index contributed by atoms with van der Waals surface area (Å²) in [6, 6.07) is 7.55. The lowest BCUT2D eigenvalue weighted by Gasteiger charge is -2.25. The van der Waals surface area contributed by atoms with Gasteiger partial charge in [-0.15, -0.1) is 0 Å². The van der Waals surface area contributed by atoms with E-state index < -0.39 is 5.82 Å². The molecule has 4 heterocycles. The average Bonchev–Trinajstić information content (AvgIpc) is 3.27. The quantitative estimate of drug-likeness (QED) is 0.479. The van der Waals surface area contributed by atoms with Gasteiger partial charge in [-0.25, -0.2) is 14.4 Å². The molecular weight excluding hydrogens is 371 g/mol. The van der Waals surface area contributed by atoms with E-state index in [9.17, 15) is 4.39 Å². The minimum absolute atomic E-state index is 0.101. The number of pyridine rings is 1. The van der Waals surface area contributed by atoms with Crippen molar-refractivity contribution in [2.75, 3.05) is 17.7 Å². The lowest BCUT2D eigenvalue weighted by atomic mass is 10.2.